The summed E-state index contributed by atoms with van der Waals surface area (Å²) in [5.74, 6) is 0.593. The summed E-state index contributed by atoms with van der Waals surface area (Å²) in [5.41, 5.74) is 8.37. The van der Waals surface area contributed by atoms with Gasteiger partial charge in [0.15, 0.2) is 0 Å². The molecule has 0 spiro atoms. The van der Waals surface area contributed by atoms with Crippen LogP contribution in [0, 0.1) is 20.8 Å². The molecule has 2 heteroatoms. The van der Waals surface area contributed by atoms with Crippen molar-refractivity contribution in [2.45, 2.75) is 66.3 Å². The molecule has 0 aromatic heterocycles. The van der Waals surface area contributed by atoms with Gasteiger partial charge in [0, 0.05) is 23.2 Å². The normalized spacial score (nSPS) is 18.4. The standard InChI is InChI=1S/C18H27NS/c1-9-10(2)14-11(3)12(4)16-15(13(14)5)17(20)18(6,7)19(16)8/h10H,9H2,1-8H3. The molecule has 110 valence electrons. The number of benzene rings is 1. The molecule has 1 aliphatic rings. The Morgan fingerprint density at radius 2 is 1.65 bits per heavy atom. The summed E-state index contributed by atoms with van der Waals surface area (Å²) < 4.78 is 0. The molecular weight excluding hydrogens is 262 g/mol. The second-order valence-electron chi connectivity index (χ2n) is 6.77. The third-order valence-electron chi connectivity index (χ3n) is 5.40. The highest BCUT2D eigenvalue weighted by atomic mass is 32.1. The number of thiocarbonyl (C=S) groups is 1. The Hall–Kier alpha value is -0.890. The minimum atomic E-state index is -0.0618. The topological polar surface area (TPSA) is 3.24 Å². The number of hydrogen-bond acceptors (Lipinski definition) is 2. The largest absolute Gasteiger partial charge is 0.364 e. The summed E-state index contributed by atoms with van der Waals surface area (Å²) in [6.07, 6.45) is 1.17. The zero-order valence-electron chi connectivity index (χ0n) is 14.1. The molecule has 0 saturated carbocycles. The lowest BCUT2D eigenvalue weighted by Crippen LogP contribution is -2.42. The van der Waals surface area contributed by atoms with E-state index in [1.54, 1.807) is 0 Å². The lowest BCUT2D eigenvalue weighted by molar-refractivity contribution is 0.667. The average Bonchev–Trinajstić information content (AvgIpc) is 2.57. The Balaban J connectivity index is 2.84. The third-order valence-corrected chi connectivity index (χ3v) is 6.10. The first-order chi connectivity index (χ1) is 9.16. The molecule has 0 saturated heterocycles. The molecule has 1 aromatic rings. The van der Waals surface area contributed by atoms with Crippen molar-refractivity contribution in [2.24, 2.45) is 0 Å². The van der Waals surface area contributed by atoms with Gasteiger partial charge >= 0.3 is 0 Å². The minimum absolute atomic E-state index is 0.0618. The molecular formula is C18H27NS. The van der Waals surface area contributed by atoms with Gasteiger partial charge in [0.2, 0.25) is 0 Å². The number of fused-ring (bicyclic) bond motifs is 1. The number of nitrogens with zero attached hydrogens (tertiary/aromatic N) is 1. The van der Waals surface area contributed by atoms with Crippen molar-refractivity contribution < 1.29 is 0 Å². The van der Waals surface area contributed by atoms with Crippen LogP contribution < -0.4 is 4.90 Å². The lowest BCUT2D eigenvalue weighted by Gasteiger charge is -2.31. The molecule has 1 aromatic carbocycles. The highest BCUT2D eigenvalue weighted by molar-refractivity contribution is 7.81. The highest BCUT2D eigenvalue weighted by Gasteiger charge is 2.41. The van der Waals surface area contributed by atoms with Crippen LogP contribution in [0.15, 0.2) is 0 Å². The number of hydrogen-bond donors (Lipinski definition) is 0. The zero-order chi connectivity index (χ0) is 15.4. The van der Waals surface area contributed by atoms with Crippen molar-refractivity contribution in [1.29, 1.82) is 0 Å². The van der Waals surface area contributed by atoms with E-state index in [9.17, 15) is 0 Å². The van der Waals surface area contributed by atoms with Crippen molar-refractivity contribution in [1.82, 2.24) is 0 Å². The Labute approximate surface area is 129 Å². The van der Waals surface area contributed by atoms with Crippen LogP contribution in [0.1, 0.15) is 67.9 Å². The Bertz CT molecular complexity index is 584. The molecule has 0 N–H and O–H groups in total. The zero-order valence-corrected chi connectivity index (χ0v) is 15.0. The van der Waals surface area contributed by atoms with Crippen LogP contribution in [0.4, 0.5) is 5.69 Å². The van der Waals surface area contributed by atoms with Gasteiger partial charge in [0.1, 0.15) is 0 Å². The summed E-state index contributed by atoms with van der Waals surface area (Å²) in [6.45, 7) is 15.8. The van der Waals surface area contributed by atoms with Gasteiger partial charge < -0.3 is 4.90 Å². The maximum Gasteiger partial charge on any atom is 0.0702 e. The van der Waals surface area contributed by atoms with E-state index in [4.69, 9.17) is 12.2 Å². The van der Waals surface area contributed by atoms with Crippen molar-refractivity contribution >= 4 is 22.8 Å². The summed E-state index contributed by atoms with van der Waals surface area (Å²) in [5, 5.41) is 0. The molecule has 1 atom stereocenters. The maximum atomic E-state index is 5.82. The van der Waals surface area contributed by atoms with E-state index in [-0.39, 0.29) is 5.54 Å². The minimum Gasteiger partial charge on any atom is -0.364 e. The molecule has 2 rings (SSSR count). The molecule has 1 unspecified atom stereocenters. The van der Waals surface area contributed by atoms with E-state index in [2.05, 4.69) is 60.4 Å². The van der Waals surface area contributed by atoms with E-state index in [1.807, 2.05) is 0 Å². The molecule has 20 heavy (non-hydrogen) atoms. The molecule has 0 fully saturated rings. The molecule has 0 amide bonds. The van der Waals surface area contributed by atoms with Crippen molar-refractivity contribution in [2.75, 3.05) is 11.9 Å². The van der Waals surface area contributed by atoms with Gasteiger partial charge in [-0.3, -0.25) is 0 Å². The van der Waals surface area contributed by atoms with E-state index in [0.717, 1.165) is 4.86 Å². The van der Waals surface area contributed by atoms with Gasteiger partial charge in [0.25, 0.3) is 0 Å². The quantitative estimate of drug-likeness (QED) is 0.699. The van der Waals surface area contributed by atoms with Crippen LogP contribution in [0.25, 0.3) is 0 Å². The monoisotopic (exact) mass is 289 g/mol. The first-order valence-corrected chi connectivity index (χ1v) is 7.99. The first kappa shape index (κ1) is 15.5. The number of anilines is 1. The first-order valence-electron chi connectivity index (χ1n) is 7.58. The fraction of sp³-hybridized carbons (Fsp3) is 0.611. The van der Waals surface area contributed by atoms with Crippen molar-refractivity contribution in [3.8, 4) is 0 Å². The highest BCUT2D eigenvalue weighted by Crippen LogP contribution is 2.46. The molecule has 1 aliphatic heterocycles. The smallest absolute Gasteiger partial charge is 0.0702 e. The maximum absolute atomic E-state index is 5.82. The van der Waals surface area contributed by atoms with Crippen LogP contribution in [0.5, 0.6) is 0 Å². The SMILES string of the molecule is CCC(C)c1c(C)c(C)c2c(c1C)C(=S)C(C)(C)N2C. The van der Waals surface area contributed by atoms with Gasteiger partial charge in [-0.15, -0.1) is 0 Å². The Morgan fingerprint density at radius 1 is 1.10 bits per heavy atom. The fourth-order valence-corrected chi connectivity index (χ4v) is 3.93. The van der Waals surface area contributed by atoms with E-state index < -0.39 is 0 Å². The molecule has 1 nitrogen and oxygen atoms in total. The molecule has 0 aliphatic carbocycles. The van der Waals surface area contributed by atoms with E-state index >= 15 is 0 Å². The number of rotatable bonds is 2. The van der Waals surface area contributed by atoms with Gasteiger partial charge in [0.05, 0.1) is 5.54 Å². The van der Waals surface area contributed by atoms with Crippen molar-refractivity contribution in [3.05, 3.63) is 27.8 Å². The van der Waals surface area contributed by atoms with Gasteiger partial charge in [-0.05, 0) is 69.2 Å². The van der Waals surface area contributed by atoms with Crippen molar-refractivity contribution in [3.63, 3.8) is 0 Å². The van der Waals surface area contributed by atoms with Crippen LogP contribution in [-0.2, 0) is 0 Å². The van der Waals surface area contributed by atoms with Crippen LogP contribution in [0.2, 0.25) is 0 Å². The summed E-state index contributed by atoms with van der Waals surface area (Å²) in [7, 11) is 2.17. The van der Waals surface area contributed by atoms with Crippen LogP contribution >= 0.6 is 12.2 Å². The summed E-state index contributed by atoms with van der Waals surface area (Å²) >= 11 is 5.82. The molecule has 1 heterocycles. The van der Waals surface area contributed by atoms with E-state index in [0.29, 0.717) is 5.92 Å². The number of likely N-dealkylation sites (N-methyl/N-ethyl adjacent to an activating group) is 1. The fourth-order valence-electron chi connectivity index (χ4n) is 3.54. The van der Waals surface area contributed by atoms with E-state index in [1.165, 1.54) is 39.9 Å². The lowest BCUT2D eigenvalue weighted by atomic mass is 9.83. The summed E-state index contributed by atoms with van der Waals surface area (Å²) in [4.78, 5) is 3.46. The van der Waals surface area contributed by atoms with Crippen LogP contribution in [0.3, 0.4) is 0 Å². The van der Waals surface area contributed by atoms with Crippen LogP contribution in [-0.4, -0.2) is 17.5 Å². The Morgan fingerprint density at radius 3 is 2.15 bits per heavy atom. The Kier molecular flexibility index (Phi) is 3.75. The average molecular weight is 289 g/mol. The predicted octanol–water partition coefficient (Wildman–Crippen LogP) is 5.07. The van der Waals surface area contributed by atoms with Gasteiger partial charge in [-0.1, -0.05) is 26.1 Å². The predicted molar refractivity (Wildman–Crippen MR) is 93.5 cm³/mol. The second-order valence-corrected chi connectivity index (χ2v) is 7.18. The molecule has 0 bridgehead atoms. The second kappa shape index (κ2) is 4.84. The third kappa shape index (κ3) is 1.84. The summed E-state index contributed by atoms with van der Waals surface area (Å²) in [6, 6.07) is 0. The van der Waals surface area contributed by atoms with Gasteiger partial charge in [-0.25, -0.2) is 0 Å². The molecule has 0 radical (unpaired) electrons. The van der Waals surface area contributed by atoms with Gasteiger partial charge in [-0.2, -0.15) is 0 Å².